The van der Waals surface area contributed by atoms with Crippen LogP contribution in [0.4, 0.5) is 0 Å². The fraction of sp³-hybridized carbons (Fsp3) is 0.231. The minimum atomic E-state index is 0.973. The molecule has 0 unspecified atom stereocenters. The van der Waals surface area contributed by atoms with E-state index < -0.39 is 0 Å². The average molecular weight is 185 g/mol. The number of aryl methyl sites for hydroxylation is 2. The highest BCUT2D eigenvalue weighted by atomic mass is 15.0. The Kier molecular flexibility index (Phi) is 2.40. The van der Waals surface area contributed by atoms with Crippen LogP contribution in [0.25, 0.3) is 0 Å². The zero-order chi connectivity index (χ0) is 9.97. The zero-order valence-corrected chi connectivity index (χ0v) is 8.70. The average Bonchev–Trinajstić information content (AvgIpc) is 2.47. The van der Waals surface area contributed by atoms with Crippen LogP contribution < -0.4 is 0 Å². The topological polar surface area (TPSA) is 4.93 Å². The van der Waals surface area contributed by atoms with Crippen molar-refractivity contribution in [3.8, 4) is 0 Å². The van der Waals surface area contributed by atoms with Crippen LogP contribution in [-0.4, -0.2) is 4.57 Å². The molecule has 2 rings (SSSR count). The molecule has 1 aromatic heterocycles. The highest BCUT2D eigenvalue weighted by molar-refractivity contribution is 5.20. The van der Waals surface area contributed by atoms with Crippen molar-refractivity contribution in [1.82, 2.24) is 4.57 Å². The van der Waals surface area contributed by atoms with E-state index in [0.717, 1.165) is 6.54 Å². The summed E-state index contributed by atoms with van der Waals surface area (Å²) in [5.74, 6) is 0. The van der Waals surface area contributed by atoms with Crippen molar-refractivity contribution in [1.29, 1.82) is 0 Å². The number of aromatic nitrogens is 1. The summed E-state index contributed by atoms with van der Waals surface area (Å²) in [6.07, 6.45) is 2.20. The molecule has 0 amide bonds. The van der Waals surface area contributed by atoms with Crippen molar-refractivity contribution in [2.45, 2.75) is 20.4 Å². The molecule has 0 bridgehead atoms. The van der Waals surface area contributed by atoms with Crippen LogP contribution >= 0.6 is 0 Å². The molecule has 0 saturated carbocycles. The second-order valence-electron chi connectivity index (χ2n) is 3.77. The molecule has 0 aliphatic heterocycles. The lowest BCUT2D eigenvalue weighted by atomic mass is 10.2. The van der Waals surface area contributed by atoms with Gasteiger partial charge in [-0.1, -0.05) is 30.3 Å². The fourth-order valence-electron chi connectivity index (χ4n) is 1.75. The minimum absolute atomic E-state index is 0.973. The third kappa shape index (κ3) is 1.87. The van der Waals surface area contributed by atoms with Crippen molar-refractivity contribution >= 4 is 0 Å². The predicted octanol–water partition coefficient (Wildman–Crippen LogP) is 3.15. The summed E-state index contributed by atoms with van der Waals surface area (Å²) >= 11 is 0. The van der Waals surface area contributed by atoms with E-state index in [9.17, 15) is 0 Å². The molecule has 0 N–H and O–H groups in total. The fourth-order valence-corrected chi connectivity index (χ4v) is 1.75. The van der Waals surface area contributed by atoms with Crippen molar-refractivity contribution in [3.05, 3.63) is 59.4 Å². The normalized spacial score (nSPS) is 10.4. The van der Waals surface area contributed by atoms with E-state index in [1.807, 2.05) is 0 Å². The third-order valence-corrected chi connectivity index (χ3v) is 2.44. The van der Waals surface area contributed by atoms with Gasteiger partial charge >= 0.3 is 0 Å². The van der Waals surface area contributed by atoms with Gasteiger partial charge in [-0.15, -0.1) is 0 Å². The summed E-state index contributed by atoms with van der Waals surface area (Å²) in [4.78, 5) is 0. The van der Waals surface area contributed by atoms with Crippen LogP contribution in [0.5, 0.6) is 0 Å². The molecule has 0 aliphatic rings. The lowest BCUT2D eigenvalue weighted by molar-refractivity contribution is 0.775. The molecule has 0 radical (unpaired) electrons. The number of benzene rings is 1. The number of hydrogen-bond acceptors (Lipinski definition) is 0. The molecule has 1 nitrogen and oxygen atoms in total. The lowest BCUT2D eigenvalue weighted by Gasteiger charge is -2.05. The third-order valence-electron chi connectivity index (χ3n) is 2.44. The van der Waals surface area contributed by atoms with Crippen LogP contribution in [0.15, 0.2) is 42.6 Å². The smallest absolute Gasteiger partial charge is 0.0472 e. The maximum atomic E-state index is 2.28. The molecule has 1 heterocycles. The molecule has 1 aromatic carbocycles. The van der Waals surface area contributed by atoms with Crippen LogP contribution in [0.3, 0.4) is 0 Å². The quantitative estimate of drug-likeness (QED) is 0.677. The molecule has 0 atom stereocenters. The lowest BCUT2D eigenvalue weighted by Crippen LogP contribution is -1.99. The Hall–Kier alpha value is -1.50. The first-order chi connectivity index (χ1) is 6.75. The van der Waals surface area contributed by atoms with E-state index in [1.54, 1.807) is 0 Å². The Balaban J connectivity index is 2.23. The second kappa shape index (κ2) is 3.70. The van der Waals surface area contributed by atoms with Gasteiger partial charge in [0, 0.05) is 18.4 Å². The number of nitrogens with zero attached hydrogens (tertiary/aromatic N) is 1. The summed E-state index contributed by atoms with van der Waals surface area (Å²) in [5, 5.41) is 0. The molecular formula is C13H15N. The summed E-state index contributed by atoms with van der Waals surface area (Å²) < 4.78 is 2.28. The van der Waals surface area contributed by atoms with E-state index in [2.05, 4.69) is 61.0 Å². The van der Waals surface area contributed by atoms with Gasteiger partial charge < -0.3 is 4.57 Å². The summed E-state index contributed by atoms with van der Waals surface area (Å²) in [5.41, 5.74) is 4.01. The summed E-state index contributed by atoms with van der Waals surface area (Å²) in [6.45, 7) is 5.25. The van der Waals surface area contributed by atoms with E-state index in [0.29, 0.717) is 0 Å². The van der Waals surface area contributed by atoms with Gasteiger partial charge in [-0.2, -0.15) is 0 Å². The molecular weight excluding hydrogens is 170 g/mol. The van der Waals surface area contributed by atoms with E-state index in [4.69, 9.17) is 0 Å². The van der Waals surface area contributed by atoms with E-state index in [-0.39, 0.29) is 0 Å². The molecule has 72 valence electrons. The SMILES string of the molecule is Cc1cc(C)n(Cc2ccccc2)c1. The molecule has 0 saturated heterocycles. The second-order valence-corrected chi connectivity index (χ2v) is 3.77. The molecule has 1 heteroatoms. The van der Waals surface area contributed by atoms with Gasteiger partial charge in [0.1, 0.15) is 0 Å². The van der Waals surface area contributed by atoms with E-state index in [1.165, 1.54) is 16.8 Å². The maximum absolute atomic E-state index is 2.28. The molecule has 14 heavy (non-hydrogen) atoms. The van der Waals surface area contributed by atoms with Crippen LogP contribution in [0.1, 0.15) is 16.8 Å². The van der Waals surface area contributed by atoms with Gasteiger partial charge in [-0.25, -0.2) is 0 Å². The standard InChI is InChI=1S/C13H15N/c1-11-8-12(2)14(9-11)10-13-6-4-3-5-7-13/h3-9H,10H2,1-2H3. The highest BCUT2D eigenvalue weighted by Crippen LogP contribution is 2.09. The van der Waals surface area contributed by atoms with Gasteiger partial charge in [0.15, 0.2) is 0 Å². The van der Waals surface area contributed by atoms with Gasteiger partial charge in [0.05, 0.1) is 0 Å². The van der Waals surface area contributed by atoms with Crippen molar-refractivity contribution in [3.63, 3.8) is 0 Å². The van der Waals surface area contributed by atoms with Crippen molar-refractivity contribution in [2.75, 3.05) is 0 Å². The zero-order valence-electron chi connectivity index (χ0n) is 8.70. The Morgan fingerprint density at radius 2 is 1.79 bits per heavy atom. The minimum Gasteiger partial charge on any atom is -0.347 e. The first-order valence-corrected chi connectivity index (χ1v) is 4.93. The van der Waals surface area contributed by atoms with Gasteiger partial charge in [0.2, 0.25) is 0 Å². The van der Waals surface area contributed by atoms with Crippen molar-refractivity contribution in [2.24, 2.45) is 0 Å². The Morgan fingerprint density at radius 1 is 1.07 bits per heavy atom. The maximum Gasteiger partial charge on any atom is 0.0472 e. The van der Waals surface area contributed by atoms with Crippen LogP contribution in [0.2, 0.25) is 0 Å². The Labute approximate surface area is 85.0 Å². The van der Waals surface area contributed by atoms with Crippen LogP contribution in [-0.2, 0) is 6.54 Å². The number of rotatable bonds is 2. The van der Waals surface area contributed by atoms with Crippen molar-refractivity contribution < 1.29 is 0 Å². The van der Waals surface area contributed by atoms with Gasteiger partial charge in [-0.05, 0) is 31.0 Å². The summed E-state index contributed by atoms with van der Waals surface area (Å²) in [7, 11) is 0. The van der Waals surface area contributed by atoms with Crippen LogP contribution in [0, 0.1) is 13.8 Å². The monoisotopic (exact) mass is 185 g/mol. The summed E-state index contributed by atoms with van der Waals surface area (Å²) in [6, 6.07) is 12.8. The predicted molar refractivity (Wildman–Crippen MR) is 59.5 cm³/mol. The molecule has 0 aliphatic carbocycles. The molecule has 0 fully saturated rings. The van der Waals surface area contributed by atoms with E-state index >= 15 is 0 Å². The first-order valence-electron chi connectivity index (χ1n) is 4.93. The van der Waals surface area contributed by atoms with Gasteiger partial charge in [-0.3, -0.25) is 0 Å². The molecule has 0 spiro atoms. The first kappa shape index (κ1) is 9.07. The number of hydrogen-bond donors (Lipinski definition) is 0. The van der Waals surface area contributed by atoms with Gasteiger partial charge in [0.25, 0.3) is 0 Å². The molecule has 2 aromatic rings. The Bertz CT molecular complexity index is 412. The Morgan fingerprint density at radius 3 is 2.36 bits per heavy atom. The highest BCUT2D eigenvalue weighted by Gasteiger charge is 1.98. The largest absolute Gasteiger partial charge is 0.347 e.